The third kappa shape index (κ3) is 6.93. The molecule has 0 fully saturated rings. The smallest absolute Gasteiger partial charge is 0.228 e. The monoisotopic (exact) mass is 476 g/mol. The van der Waals surface area contributed by atoms with Crippen LogP contribution >= 0.6 is 24.0 Å². The number of aliphatic imine (C=N–C) groups is 1. The van der Waals surface area contributed by atoms with Crippen LogP contribution in [0.3, 0.4) is 0 Å². The minimum absolute atomic E-state index is 0. The molecule has 0 atom stereocenters. The van der Waals surface area contributed by atoms with Crippen LogP contribution in [-0.4, -0.2) is 34.3 Å². The molecule has 2 heterocycles. The highest BCUT2D eigenvalue weighted by Gasteiger charge is 2.12. The van der Waals surface area contributed by atoms with Crippen molar-refractivity contribution in [2.75, 3.05) is 13.1 Å². The topological polar surface area (TPSA) is 101 Å². The largest absolute Gasteiger partial charge is 0.359 e. The average Bonchev–Trinajstić information content (AvgIpc) is 3.23. The van der Waals surface area contributed by atoms with Gasteiger partial charge in [-0.05, 0) is 26.7 Å². The fraction of sp³-hybridized carbons (Fsp3) is 0.647. The van der Waals surface area contributed by atoms with Gasteiger partial charge in [0, 0.05) is 31.5 Å². The van der Waals surface area contributed by atoms with Crippen molar-refractivity contribution < 1.29 is 9.05 Å². The van der Waals surface area contributed by atoms with Gasteiger partial charge in [0.15, 0.2) is 17.5 Å². The first kappa shape index (κ1) is 22.4. The standard InChI is InChI=1S/C17H28N6O2.HI/c1-5-13(6-2)15-10-14(24-23-15)11-20-17(18-7-3)19-9-8-16-21-12(4)22-25-16;/h10,13H,5-9,11H2,1-4H3,(H2,18,19,20);1H. The SMILES string of the molecule is CCNC(=NCc1cc(C(CC)CC)no1)NCCc1nc(C)no1.I. The van der Waals surface area contributed by atoms with E-state index >= 15 is 0 Å². The first-order valence-electron chi connectivity index (χ1n) is 8.93. The summed E-state index contributed by atoms with van der Waals surface area (Å²) in [6.45, 7) is 10.0. The van der Waals surface area contributed by atoms with Crippen molar-refractivity contribution in [2.24, 2.45) is 4.99 Å². The molecule has 26 heavy (non-hydrogen) atoms. The van der Waals surface area contributed by atoms with E-state index in [1.807, 2.05) is 13.0 Å². The van der Waals surface area contributed by atoms with Gasteiger partial charge >= 0.3 is 0 Å². The number of aryl methyl sites for hydroxylation is 1. The van der Waals surface area contributed by atoms with Gasteiger partial charge in [-0.1, -0.05) is 24.2 Å². The minimum atomic E-state index is 0. The lowest BCUT2D eigenvalue weighted by atomic mass is 9.99. The summed E-state index contributed by atoms with van der Waals surface area (Å²) >= 11 is 0. The summed E-state index contributed by atoms with van der Waals surface area (Å²) in [5.74, 6) is 3.21. The molecule has 2 aromatic heterocycles. The van der Waals surface area contributed by atoms with Crippen LogP contribution < -0.4 is 10.6 Å². The number of halogens is 1. The lowest BCUT2D eigenvalue weighted by molar-refractivity contribution is 0.371. The van der Waals surface area contributed by atoms with E-state index in [1.54, 1.807) is 6.92 Å². The third-order valence-electron chi connectivity index (χ3n) is 3.92. The molecule has 0 saturated heterocycles. The summed E-state index contributed by atoms with van der Waals surface area (Å²) < 4.78 is 10.5. The molecule has 0 radical (unpaired) electrons. The van der Waals surface area contributed by atoms with Crippen LogP contribution in [-0.2, 0) is 13.0 Å². The van der Waals surface area contributed by atoms with Crippen LogP contribution in [0.4, 0.5) is 0 Å². The van der Waals surface area contributed by atoms with Crippen molar-refractivity contribution in [3.63, 3.8) is 0 Å². The van der Waals surface area contributed by atoms with E-state index in [0.717, 1.165) is 36.8 Å². The highest BCUT2D eigenvalue weighted by molar-refractivity contribution is 14.0. The zero-order valence-electron chi connectivity index (χ0n) is 15.9. The molecule has 9 heteroatoms. The molecule has 0 aromatic carbocycles. The molecule has 8 nitrogen and oxygen atoms in total. The highest BCUT2D eigenvalue weighted by Crippen LogP contribution is 2.22. The maximum atomic E-state index is 5.41. The quantitative estimate of drug-likeness (QED) is 0.326. The summed E-state index contributed by atoms with van der Waals surface area (Å²) in [5.41, 5.74) is 1.01. The highest BCUT2D eigenvalue weighted by atomic mass is 127. The van der Waals surface area contributed by atoms with Crippen LogP contribution in [0.25, 0.3) is 0 Å². The molecular formula is C17H29IN6O2. The molecule has 0 saturated carbocycles. The Morgan fingerprint density at radius 3 is 2.54 bits per heavy atom. The first-order valence-corrected chi connectivity index (χ1v) is 8.93. The number of guanidine groups is 1. The summed E-state index contributed by atoms with van der Waals surface area (Å²) in [5, 5.41) is 14.4. The number of rotatable bonds is 9. The molecule has 0 bridgehead atoms. The molecule has 0 unspecified atom stereocenters. The molecule has 0 aliphatic heterocycles. The lowest BCUT2D eigenvalue weighted by Gasteiger charge is -2.09. The normalized spacial score (nSPS) is 11.5. The van der Waals surface area contributed by atoms with Crippen molar-refractivity contribution in [3.8, 4) is 0 Å². The Bertz CT molecular complexity index is 666. The Kier molecular flexibility index (Phi) is 10.2. The average molecular weight is 476 g/mol. The molecule has 0 spiro atoms. The molecule has 2 rings (SSSR count). The minimum Gasteiger partial charge on any atom is -0.359 e. The van der Waals surface area contributed by atoms with Gasteiger partial charge in [-0.2, -0.15) is 4.98 Å². The number of hydrogen-bond acceptors (Lipinski definition) is 6. The molecular weight excluding hydrogens is 447 g/mol. The van der Waals surface area contributed by atoms with Gasteiger partial charge in [-0.3, -0.25) is 0 Å². The number of nitrogens with zero attached hydrogens (tertiary/aromatic N) is 4. The number of aromatic nitrogens is 3. The Labute approximate surface area is 171 Å². The second-order valence-corrected chi connectivity index (χ2v) is 5.84. The number of hydrogen-bond donors (Lipinski definition) is 2. The predicted molar refractivity (Wildman–Crippen MR) is 111 cm³/mol. The van der Waals surface area contributed by atoms with E-state index in [4.69, 9.17) is 9.05 Å². The van der Waals surface area contributed by atoms with E-state index in [-0.39, 0.29) is 24.0 Å². The Morgan fingerprint density at radius 1 is 1.15 bits per heavy atom. The van der Waals surface area contributed by atoms with Crippen molar-refractivity contribution >= 4 is 29.9 Å². The molecule has 0 amide bonds. The molecule has 146 valence electrons. The predicted octanol–water partition coefficient (Wildman–Crippen LogP) is 3.19. The summed E-state index contributed by atoms with van der Waals surface area (Å²) in [4.78, 5) is 8.72. The summed E-state index contributed by atoms with van der Waals surface area (Å²) in [7, 11) is 0. The van der Waals surface area contributed by atoms with Gasteiger partial charge < -0.3 is 19.7 Å². The summed E-state index contributed by atoms with van der Waals surface area (Å²) in [6, 6.07) is 2.01. The van der Waals surface area contributed by atoms with E-state index in [2.05, 4.69) is 44.8 Å². The Balaban J connectivity index is 0.00000338. The Hall–Kier alpha value is -1.65. The third-order valence-corrected chi connectivity index (χ3v) is 3.92. The van der Waals surface area contributed by atoms with E-state index in [1.165, 1.54) is 0 Å². The van der Waals surface area contributed by atoms with Crippen molar-refractivity contribution in [1.29, 1.82) is 0 Å². The van der Waals surface area contributed by atoms with E-state index in [9.17, 15) is 0 Å². The van der Waals surface area contributed by atoms with E-state index < -0.39 is 0 Å². The molecule has 0 aliphatic carbocycles. The van der Waals surface area contributed by atoms with Gasteiger partial charge in [-0.25, -0.2) is 4.99 Å². The van der Waals surface area contributed by atoms with E-state index in [0.29, 0.717) is 37.1 Å². The molecule has 2 N–H and O–H groups in total. The lowest BCUT2D eigenvalue weighted by Crippen LogP contribution is -2.38. The zero-order chi connectivity index (χ0) is 18.1. The van der Waals surface area contributed by atoms with Crippen LogP contribution in [0.2, 0.25) is 0 Å². The zero-order valence-corrected chi connectivity index (χ0v) is 18.2. The van der Waals surface area contributed by atoms with Crippen molar-refractivity contribution in [1.82, 2.24) is 25.9 Å². The molecule has 2 aromatic rings. The summed E-state index contributed by atoms with van der Waals surface area (Å²) in [6.07, 6.45) is 2.77. The van der Waals surface area contributed by atoms with Crippen LogP contribution in [0, 0.1) is 6.92 Å². The fourth-order valence-corrected chi connectivity index (χ4v) is 2.53. The van der Waals surface area contributed by atoms with Gasteiger partial charge in [-0.15, -0.1) is 24.0 Å². The van der Waals surface area contributed by atoms with Crippen molar-refractivity contribution in [2.45, 2.75) is 59.4 Å². The maximum Gasteiger partial charge on any atom is 0.228 e. The van der Waals surface area contributed by atoms with Crippen LogP contribution in [0.1, 0.15) is 62.7 Å². The maximum absolute atomic E-state index is 5.41. The van der Waals surface area contributed by atoms with Crippen LogP contribution in [0.5, 0.6) is 0 Å². The first-order chi connectivity index (χ1) is 12.2. The number of nitrogens with one attached hydrogen (secondary N) is 2. The van der Waals surface area contributed by atoms with Gasteiger partial charge in [0.25, 0.3) is 0 Å². The second kappa shape index (κ2) is 11.9. The van der Waals surface area contributed by atoms with Gasteiger partial charge in [0.2, 0.25) is 5.89 Å². The fourth-order valence-electron chi connectivity index (χ4n) is 2.53. The Morgan fingerprint density at radius 2 is 1.92 bits per heavy atom. The van der Waals surface area contributed by atoms with Crippen LogP contribution in [0.15, 0.2) is 20.1 Å². The van der Waals surface area contributed by atoms with Gasteiger partial charge in [0.05, 0.1) is 5.69 Å². The molecule has 0 aliphatic rings. The van der Waals surface area contributed by atoms with Gasteiger partial charge in [0.1, 0.15) is 6.54 Å². The second-order valence-electron chi connectivity index (χ2n) is 5.84. The van der Waals surface area contributed by atoms with Crippen molar-refractivity contribution in [3.05, 3.63) is 29.2 Å².